The summed E-state index contributed by atoms with van der Waals surface area (Å²) in [6.07, 6.45) is 16.4. The van der Waals surface area contributed by atoms with E-state index in [4.69, 9.17) is 0 Å². The minimum Gasteiger partial charge on any atom is -0.388 e. The van der Waals surface area contributed by atoms with Crippen molar-refractivity contribution in [1.82, 2.24) is 0 Å². The molecule has 1 nitrogen and oxygen atoms in total. The van der Waals surface area contributed by atoms with Crippen LogP contribution < -0.4 is 26.5 Å². The largest absolute Gasteiger partial charge is 0.388 e. The zero-order valence-electron chi connectivity index (χ0n) is 25.2. The topological polar surface area (TPSA) is 20.2 Å². The second-order valence-electron chi connectivity index (χ2n) is 10.9. The molecule has 2 aliphatic rings. The van der Waals surface area contributed by atoms with Gasteiger partial charge in [-0.15, -0.1) is 0 Å². The van der Waals surface area contributed by atoms with Gasteiger partial charge in [-0.2, -0.15) is 0 Å². The van der Waals surface area contributed by atoms with Gasteiger partial charge in [-0.05, 0) is 47.9 Å². The zero-order chi connectivity index (χ0) is 30.0. The Labute approximate surface area is 283 Å². The molecule has 0 heterocycles. The molecule has 2 aliphatic carbocycles. The maximum atomic E-state index is 12.1. The fourth-order valence-electron chi connectivity index (χ4n) is 5.76. The molecule has 224 valence electrons. The molecule has 0 saturated heterocycles. The minimum atomic E-state index is -0.938. The predicted molar refractivity (Wildman–Crippen MR) is 188 cm³/mol. The summed E-state index contributed by atoms with van der Waals surface area (Å²) in [6.45, 7) is 0. The van der Waals surface area contributed by atoms with Gasteiger partial charge in [-0.1, -0.05) is 178 Å². The van der Waals surface area contributed by atoms with E-state index in [9.17, 15) is 5.11 Å². The van der Waals surface area contributed by atoms with E-state index in [-0.39, 0.29) is 17.1 Å². The van der Waals surface area contributed by atoms with Crippen LogP contribution in [0.25, 0.3) is 0 Å². The number of hydrogen-bond donors (Lipinski definition) is 1. The number of aliphatic hydroxyl groups excluding tert-OH is 1. The van der Waals surface area contributed by atoms with Crippen LogP contribution in [-0.2, 0) is 17.1 Å². The van der Waals surface area contributed by atoms with E-state index in [1.54, 1.807) is 0 Å². The maximum absolute atomic E-state index is 12.1. The van der Waals surface area contributed by atoms with Crippen LogP contribution in [0.4, 0.5) is 0 Å². The average Bonchev–Trinajstić information content (AvgIpc) is 3.84. The predicted octanol–water partition coefficient (Wildman–Crippen LogP) is 7.92. The number of hydrogen-bond acceptors (Lipinski definition) is 1. The third kappa shape index (κ3) is 8.43. The zero-order valence-corrected chi connectivity index (χ0v) is 28.1. The fourth-order valence-corrected chi connectivity index (χ4v) is 10.6. The van der Waals surface area contributed by atoms with Crippen molar-refractivity contribution in [2.75, 3.05) is 0 Å². The van der Waals surface area contributed by atoms with Gasteiger partial charge in [0.2, 0.25) is 0 Å². The van der Waals surface area contributed by atoms with E-state index in [2.05, 4.69) is 147 Å². The van der Waals surface area contributed by atoms with Crippen molar-refractivity contribution in [2.45, 2.75) is 38.2 Å². The van der Waals surface area contributed by atoms with Gasteiger partial charge in [0.15, 0.2) is 0 Å². The Morgan fingerprint density at radius 3 is 1.29 bits per heavy atom. The molecule has 5 aromatic rings. The van der Waals surface area contributed by atoms with Crippen molar-refractivity contribution in [2.24, 2.45) is 0 Å². The molecule has 0 bridgehead atoms. The van der Waals surface area contributed by atoms with Crippen LogP contribution in [0.15, 0.2) is 146 Å². The van der Waals surface area contributed by atoms with Crippen LogP contribution in [-0.4, -0.2) is 5.11 Å². The summed E-state index contributed by atoms with van der Waals surface area (Å²) in [4.78, 5) is 0. The smallest absolute Gasteiger partial charge is 0.0875 e. The van der Waals surface area contributed by atoms with E-state index in [0.29, 0.717) is 0 Å². The molecule has 0 aromatic heterocycles. The summed E-state index contributed by atoms with van der Waals surface area (Å²) in [7, 11) is -1.81. The summed E-state index contributed by atoms with van der Waals surface area (Å²) < 4.78 is 0. The summed E-state index contributed by atoms with van der Waals surface area (Å²) in [5.41, 5.74) is 1.87. The van der Waals surface area contributed by atoms with E-state index in [0.717, 1.165) is 22.4 Å². The average molecular weight is 663 g/mol. The van der Waals surface area contributed by atoms with Crippen molar-refractivity contribution in [3.63, 3.8) is 0 Å². The molecule has 45 heavy (non-hydrogen) atoms. The fraction of sp³-hybridized carbons (Fsp3) is 0.146. The standard InChI is InChI=1S/C36H26OP2.C5H10.Fe/c37-36(33-25-15-27-35(33)39(30-20-9-3-10-21-30)31-22-11-4-12-23-31)32-24-13-14-26-34(32)38(28-16-5-1-6-17-28)29-18-7-2-8-19-29;1-2-4-5-3-1;/h1-14,16-24,26,36-37H;1-5H2;/t36-;;/m0../s1. The molecule has 0 amide bonds. The van der Waals surface area contributed by atoms with E-state index in [1.807, 2.05) is 18.2 Å². The summed E-state index contributed by atoms with van der Waals surface area (Å²) in [5.74, 6) is 0.748. The number of rotatable bonds is 8. The summed E-state index contributed by atoms with van der Waals surface area (Å²) in [5, 5.41) is 18.1. The van der Waals surface area contributed by atoms with Crippen molar-refractivity contribution < 1.29 is 22.2 Å². The SMILES string of the molecule is C1CCCC1.O[C@H]([C]1[C][C][C][C]1P(c1ccccc1)c1ccccc1)c1ccccc1P(c1ccccc1)c1ccccc1.[Fe]. The molecule has 8 radical (unpaired) electrons. The molecule has 0 aliphatic heterocycles. The van der Waals surface area contributed by atoms with Gasteiger partial charge in [0.25, 0.3) is 0 Å². The van der Waals surface area contributed by atoms with Crippen molar-refractivity contribution in [1.29, 1.82) is 0 Å². The molecule has 0 spiro atoms. The molecular weight excluding hydrogens is 626 g/mol. The Morgan fingerprint density at radius 1 is 0.467 bits per heavy atom. The van der Waals surface area contributed by atoms with Crippen LogP contribution in [0, 0.1) is 30.8 Å². The van der Waals surface area contributed by atoms with Gasteiger partial charge in [0.05, 0.1) is 6.10 Å². The first-order valence-corrected chi connectivity index (χ1v) is 18.1. The number of aliphatic hydroxyl groups is 1. The molecule has 4 heteroatoms. The molecular formula is C41H36FeOP2. The van der Waals surface area contributed by atoms with Gasteiger partial charge in [0, 0.05) is 47.9 Å². The third-order valence-electron chi connectivity index (χ3n) is 7.91. The van der Waals surface area contributed by atoms with Crippen LogP contribution >= 0.6 is 15.8 Å². The maximum Gasteiger partial charge on any atom is 0.0875 e. The molecule has 1 atom stereocenters. The second kappa shape index (κ2) is 17.4. The first kappa shape index (κ1) is 33.8. The van der Waals surface area contributed by atoms with E-state index in [1.165, 1.54) is 53.3 Å². The van der Waals surface area contributed by atoms with Gasteiger partial charge in [-0.25, -0.2) is 0 Å². The Kier molecular flexibility index (Phi) is 13.1. The third-order valence-corrected chi connectivity index (χ3v) is 12.9. The van der Waals surface area contributed by atoms with Crippen LogP contribution in [0.1, 0.15) is 43.8 Å². The Morgan fingerprint density at radius 2 is 0.844 bits per heavy atom. The minimum absolute atomic E-state index is 0. The van der Waals surface area contributed by atoms with Gasteiger partial charge >= 0.3 is 0 Å². The van der Waals surface area contributed by atoms with Crippen LogP contribution in [0.2, 0.25) is 0 Å². The monoisotopic (exact) mass is 662 g/mol. The Bertz CT molecular complexity index is 1460. The van der Waals surface area contributed by atoms with E-state index >= 15 is 0 Å². The van der Waals surface area contributed by atoms with Crippen molar-refractivity contribution in [3.8, 4) is 0 Å². The van der Waals surface area contributed by atoms with E-state index < -0.39 is 21.9 Å². The summed E-state index contributed by atoms with van der Waals surface area (Å²) >= 11 is 0. The molecule has 1 N–H and O–H groups in total. The van der Waals surface area contributed by atoms with Crippen LogP contribution in [0.3, 0.4) is 0 Å². The normalized spacial score (nSPS) is 15.8. The molecule has 0 unspecified atom stereocenters. The first-order chi connectivity index (χ1) is 21.8. The quantitative estimate of drug-likeness (QED) is 0.132. The first-order valence-electron chi connectivity index (χ1n) is 15.4. The van der Waals surface area contributed by atoms with Gasteiger partial charge < -0.3 is 5.11 Å². The molecule has 2 saturated carbocycles. The van der Waals surface area contributed by atoms with Crippen LogP contribution in [0.5, 0.6) is 0 Å². The summed E-state index contributed by atoms with van der Waals surface area (Å²) in [6, 6.07) is 50.5. The second-order valence-corrected chi connectivity index (χ2v) is 15.2. The molecule has 5 aromatic carbocycles. The molecule has 2 fully saturated rings. The Balaban J connectivity index is 0.000000609. The number of benzene rings is 5. The van der Waals surface area contributed by atoms with Crippen molar-refractivity contribution in [3.05, 3.63) is 182 Å². The van der Waals surface area contributed by atoms with Gasteiger partial charge in [-0.3, -0.25) is 0 Å². The van der Waals surface area contributed by atoms with Gasteiger partial charge in [0.1, 0.15) is 0 Å². The molecule has 7 rings (SSSR count). The Hall–Kier alpha value is -2.56. The van der Waals surface area contributed by atoms with Crippen molar-refractivity contribution >= 4 is 42.4 Å².